The molecule has 1 unspecified atom stereocenters. The number of carbonyl (C=O) groups is 1. The quantitative estimate of drug-likeness (QED) is 0.760. The van der Waals surface area contributed by atoms with Gasteiger partial charge >= 0.3 is 5.97 Å². The molecule has 4 aliphatic rings. The van der Waals surface area contributed by atoms with Crippen LogP contribution in [0.5, 0.6) is 0 Å². The number of rotatable bonds is 1. The lowest BCUT2D eigenvalue weighted by molar-refractivity contribution is -0.149. The number of fused-ring (bicyclic) bond motifs is 4. The molecule has 1 aromatic carbocycles. The Kier molecular flexibility index (Phi) is 2.74. The summed E-state index contributed by atoms with van der Waals surface area (Å²) in [5, 5.41) is 1.21. The second-order valence-corrected chi connectivity index (χ2v) is 6.84. The number of hydrogen-bond acceptors (Lipinski definition) is 4. The van der Waals surface area contributed by atoms with Gasteiger partial charge in [-0.25, -0.2) is 0 Å². The molecule has 2 aromatic rings. The largest absolute Gasteiger partial charge is 0.469 e. The lowest BCUT2D eigenvalue weighted by atomic mass is 9.73. The maximum atomic E-state index is 12.3. The fourth-order valence-corrected chi connectivity index (χ4v) is 4.74. The maximum Gasteiger partial charge on any atom is 0.310 e. The molecule has 6 rings (SSSR count). The van der Waals surface area contributed by atoms with E-state index in [1.807, 2.05) is 12.1 Å². The summed E-state index contributed by atoms with van der Waals surface area (Å²) in [6.45, 7) is 2.02. The number of ether oxygens (including phenoxy) is 1. The number of para-hydroxylation sites is 1. The van der Waals surface area contributed by atoms with E-state index in [2.05, 4.69) is 23.1 Å². The minimum Gasteiger partial charge on any atom is -0.469 e. The molecule has 1 fully saturated rings. The van der Waals surface area contributed by atoms with Gasteiger partial charge in [0.15, 0.2) is 0 Å². The van der Waals surface area contributed by atoms with Crippen molar-refractivity contribution in [1.29, 1.82) is 0 Å². The fraction of sp³-hybridized carbons (Fsp3) is 0.421. The van der Waals surface area contributed by atoms with Crippen molar-refractivity contribution in [1.82, 2.24) is 4.90 Å². The summed E-state index contributed by atoms with van der Waals surface area (Å²) < 4.78 is 11.3. The number of hydrogen-bond donors (Lipinski definition) is 0. The lowest BCUT2D eigenvalue weighted by Gasteiger charge is -2.47. The molecule has 4 nitrogen and oxygen atoms in total. The first-order valence-corrected chi connectivity index (χ1v) is 8.30. The predicted molar refractivity (Wildman–Crippen MR) is 86.9 cm³/mol. The Morgan fingerprint density at radius 2 is 2.22 bits per heavy atom. The van der Waals surface area contributed by atoms with Gasteiger partial charge in [0.1, 0.15) is 11.3 Å². The second kappa shape index (κ2) is 4.71. The molecule has 0 N–H and O–H groups in total. The Labute approximate surface area is 134 Å². The molecular weight excluding hydrogens is 290 g/mol. The maximum absolute atomic E-state index is 12.3. The highest BCUT2D eigenvalue weighted by Gasteiger charge is 2.48. The smallest absolute Gasteiger partial charge is 0.310 e. The van der Waals surface area contributed by atoms with E-state index in [1.54, 1.807) is 0 Å². The van der Waals surface area contributed by atoms with Crippen LogP contribution in [0.2, 0.25) is 0 Å². The number of nitrogens with zero attached hydrogens (tertiary/aromatic N) is 1. The first-order chi connectivity index (χ1) is 11.3. The second-order valence-electron chi connectivity index (χ2n) is 6.84. The van der Waals surface area contributed by atoms with Crippen LogP contribution in [0.4, 0.5) is 0 Å². The molecule has 4 atom stereocenters. The number of esters is 1. The first kappa shape index (κ1) is 13.4. The molecule has 1 aromatic heterocycles. The number of piperidine rings is 1. The van der Waals surface area contributed by atoms with Crippen molar-refractivity contribution < 1.29 is 13.9 Å². The van der Waals surface area contributed by atoms with Gasteiger partial charge in [0.2, 0.25) is 0 Å². The normalized spacial score (nSPS) is 31.4. The van der Waals surface area contributed by atoms with Crippen molar-refractivity contribution in [2.45, 2.75) is 18.9 Å². The van der Waals surface area contributed by atoms with Crippen LogP contribution in [0.1, 0.15) is 17.7 Å². The molecule has 4 heteroatoms. The van der Waals surface area contributed by atoms with Gasteiger partial charge in [-0.05, 0) is 24.8 Å². The zero-order valence-corrected chi connectivity index (χ0v) is 13.1. The van der Waals surface area contributed by atoms with Gasteiger partial charge in [-0.1, -0.05) is 24.3 Å². The van der Waals surface area contributed by atoms with E-state index >= 15 is 0 Å². The van der Waals surface area contributed by atoms with Crippen LogP contribution in [0, 0.1) is 11.8 Å². The SMILES string of the molecule is COC(=O)[C@H]1C[C@@H]2C=C3c4oc5ccccc5c4CCN(C2)[C@H]31. The van der Waals surface area contributed by atoms with Gasteiger partial charge < -0.3 is 9.15 Å². The summed E-state index contributed by atoms with van der Waals surface area (Å²) in [6, 6.07) is 8.35. The predicted octanol–water partition coefficient (Wildman–Crippen LogP) is 2.87. The Balaban J connectivity index is 1.70. The minimum atomic E-state index is -0.0881. The van der Waals surface area contributed by atoms with E-state index in [9.17, 15) is 4.79 Å². The zero-order chi connectivity index (χ0) is 15.6. The molecule has 1 aliphatic carbocycles. The molecule has 23 heavy (non-hydrogen) atoms. The minimum absolute atomic E-state index is 0.0714. The van der Waals surface area contributed by atoms with Crippen LogP contribution in [0.25, 0.3) is 16.5 Å². The van der Waals surface area contributed by atoms with Crippen molar-refractivity contribution in [2.24, 2.45) is 11.8 Å². The van der Waals surface area contributed by atoms with Gasteiger partial charge in [-0.2, -0.15) is 0 Å². The third kappa shape index (κ3) is 1.78. The molecule has 3 aliphatic heterocycles. The molecule has 118 valence electrons. The van der Waals surface area contributed by atoms with Crippen LogP contribution in [-0.4, -0.2) is 37.1 Å². The Morgan fingerprint density at radius 3 is 3.09 bits per heavy atom. The van der Waals surface area contributed by atoms with E-state index in [-0.39, 0.29) is 17.9 Å². The number of carbonyl (C=O) groups excluding carboxylic acids is 1. The highest BCUT2D eigenvalue weighted by atomic mass is 16.5. The summed E-state index contributed by atoms with van der Waals surface area (Å²) in [7, 11) is 1.49. The Hall–Kier alpha value is -2.07. The molecule has 1 saturated heterocycles. The topological polar surface area (TPSA) is 42.7 Å². The van der Waals surface area contributed by atoms with Gasteiger partial charge in [0.25, 0.3) is 0 Å². The van der Waals surface area contributed by atoms with Crippen molar-refractivity contribution >= 4 is 22.5 Å². The van der Waals surface area contributed by atoms with E-state index in [0.29, 0.717) is 5.92 Å². The molecular formula is C19H19NO3. The van der Waals surface area contributed by atoms with E-state index in [1.165, 1.54) is 23.6 Å². The number of furan rings is 1. The van der Waals surface area contributed by atoms with Crippen molar-refractivity contribution in [3.8, 4) is 0 Å². The average Bonchev–Trinajstić information content (AvgIpc) is 2.92. The number of methoxy groups -OCH3 is 1. The third-order valence-electron chi connectivity index (χ3n) is 5.65. The van der Waals surface area contributed by atoms with Crippen LogP contribution < -0.4 is 0 Å². The van der Waals surface area contributed by atoms with Crippen LogP contribution >= 0.6 is 0 Å². The summed E-state index contributed by atoms with van der Waals surface area (Å²) >= 11 is 0. The fourth-order valence-electron chi connectivity index (χ4n) is 4.74. The zero-order valence-electron chi connectivity index (χ0n) is 13.1. The molecule has 0 amide bonds. The van der Waals surface area contributed by atoms with E-state index in [0.717, 1.165) is 37.3 Å². The summed E-state index contributed by atoms with van der Waals surface area (Å²) in [6.07, 6.45) is 4.21. The van der Waals surface area contributed by atoms with Crippen LogP contribution in [-0.2, 0) is 16.0 Å². The standard InChI is InChI=1S/C19H19NO3/c1-22-19(21)15-9-11-8-14-17(15)20(10-11)7-6-13-12-4-2-3-5-16(12)23-18(13)14/h2-5,8,11,15,17H,6-7,9-10H2,1H3/t11-,15-,17+/m0/s1. The monoisotopic (exact) mass is 309 g/mol. The lowest BCUT2D eigenvalue weighted by Crippen LogP contribution is -2.54. The van der Waals surface area contributed by atoms with Gasteiger partial charge in [0.05, 0.1) is 19.1 Å². The first-order valence-electron chi connectivity index (χ1n) is 8.30. The van der Waals surface area contributed by atoms with Crippen molar-refractivity contribution in [3.05, 3.63) is 41.7 Å². The molecule has 4 heterocycles. The number of benzene rings is 1. The highest BCUT2D eigenvalue weighted by molar-refractivity contribution is 5.90. The average molecular weight is 309 g/mol. The van der Waals surface area contributed by atoms with E-state index in [4.69, 9.17) is 9.15 Å². The van der Waals surface area contributed by atoms with Crippen molar-refractivity contribution in [2.75, 3.05) is 20.2 Å². The van der Waals surface area contributed by atoms with Crippen LogP contribution in [0.15, 0.2) is 34.8 Å². The summed E-state index contributed by atoms with van der Waals surface area (Å²) in [4.78, 5) is 14.7. The van der Waals surface area contributed by atoms with Crippen LogP contribution in [0.3, 0.4) is 0 Å². The molecule has 0 spiro atoms. The molecule has 4 bridgehead atoms. The van der Waals surface area contributed by atoms with Crippen molar-refractivity contribution in [3.63, 3.8) is 0 Å². The van der Waals surface area contributed by atoms with Gasteiger partial charge in [-0.3, -0.25) is 9.69 Å². The van der Waals surface area contributed by atoms with Gasteiger partial charge in [-0.15, -0.1) is 0 Å². The summed E-state index contributed by atoms with van der Waals surface area (Å²) in [5.74, 6) is 1.25. The molecule has 0 saturated carbocycles. The molecule has 0 radical (unpaired) electrons. The third-order valence-corrected chi connectivity index (χ3v) is 5.65. The van der Waals surface area contributed by atoms with Gasteiger partial charge in [0, 0.05) is 29.6 Å². The van der Waals surface area contributed by atoms with E-state index < -0.39 is 0 Å². The Morgan fingerprint density at radius 1 is 1.35 bits per heavy atom. The summed E-state index contributed by atoms with van der Waals surface area (Å²) in [5.41, 5.74) is 3.44. The highest BCUT2D eigenvalue weighted by Crippen LogP contribution is 2.47. The Bertz CT molecular complexity index is 834.